The highest BCUT2D eigenvalue weighted by Crippen LogP contribution is 2.48. The van der Waals surface area contributed by atoms with E-state index >= 15 is 0 Å². The van der Waals surface area contributed by atoms with Crippen LogP contribution in [-0.4, -0.2) is 142 Å². The molecule has 0 aromatic heterocycles. The zero-order valence-corrected chi connectivity index (χ0v) is 27.6. The van der Waals surface area contributed by atoms with Gasteiger partial charge in [-0.15, -0.1) is 0 Å². The highest BCUT2D eigenvalue weighted by Gasteiger charge is 2.56. The van der Waals surface area contributed by atoms with Gasteiger partial charge < -0.3 is 31.1 Å². The number of likely N-dealkylation sites (tertiary alicyclic amines) is 5. The third kappa shape index (κ3) is 5.93. The monoisotopic (exact) mass is 674 g/mol. The van der Waals surface area contributed by atoms with Gasteiger partial charge in [-0.3, -0.25) is 29.0 Å². The molecule has 7 aliphatic rings. The van der Waals surface area contributed by atoms with Gasteiger partial charge in [0, 0.05) is 57.5 Å². The number of hydrogen-bond donors (Lipinski definition) is 2. The van der Waals surface area contributed by atoms with Crippen molar-refractivity contribution in [1.82, 2.24) is 24.5 Å². The van der Waals surface area contributed by atoms with E-state index in [-0.39, 0.29) is 71.7 Å². The summed E-state index contributed by atoms with van der Waals surface area (Å²) in [6.07, 6.45) is 4.82. The summed E-state index contributed by atoms with van der Waals surface area (Å²) in [5.41, 5.74) is 12.9. The molecule has 0 spiro atoms. The first kappa shape index (κ1) is 33.4. The number of piperazine rings is 2. The molecule has 260 valence electrons. The van der Waals surface area contributed by atoms with Crippen molar-refractivity contribution >= 4 is 29.3 Å². The normalized spacial score (nSPS) is 34.1. The summed E-state index contributed by atoms with van der Waals surface area (Å²) in [6, 6.07) is 8.24. The Bertz CT molecular complexity index is 1600. The van der Waals surface area contributed by atoms with Gasteiger partial charge in [-0.05, 0) is 68.7 Å². The maximum absolute atomic E-state index is 13.2. The molecule has 6 aliphatic heterocycles. The molecule has 1 aromatic rings. The third-order valence-corrected chi connectivity index (χ3v) is 11.6. The lowest BCUT2D eigenvalue weighted by molar-refractivity contribution is -0.138. The maximum atomic E-state index is 13.2. The number of anilines is 1. The van der Waals surface area contributed by atoms with Crippen LogP contribution in [0, 0.1) is 34.4 Å². The summed E-state index contributed by atoms with van der Waals surface area (Å²) in [6.45, 7) is 2.75. The van der Waals surface area contributed by atoms with Crippen molar-refractivity contribution in [3.05, 3.63) is 30.1 Å². The van der Waals surface area contributed by atoms with Crippen LogP contribution in [0.5, 0.6) is 0 Å². The van der Waals surface area contributed by atoms with Gasteiger partial charge in [-0.25, -0.2) is 4.39 Å². The zero-order valence-electron chi connectivity index (χ0n) is 27.6. The number of hydrogen-bond acceptors (Lipinski definition) is 10. The molecule has 14 nitrogen and oxygen atoms in total. The molecule has 4 bridgehead atoms. The van der Waals surface area contributed by atoms with Gasteiger partial charge in [0.2, 0.25) is 23.6 Å². The molecule has 49 heavy (non-hydrogen) atoms. The second-order valence-electron chi connectivity index (χ2n) is 14.6. The number of amides is 4. The predicted molar refractivity (Wildman–Crippen MR) is 173 cm³/mol. The Hall–Kier alpha value is -4.15. The number of piperidine rings is 1. The molecule has 15 heteroatoms. The standard InChI is InChI=1S/C20H22FN5O2.C14H21N5O2/c21-12-1-3-13(4-2-12)25-15-7-18(20(25)28)24(9-15)10-16(23)19(27)26-14(8-22)5-11-6-17(11)26;1-17-10-5-12(14(17)21)18(7-10)8-11(16)13(20)19-4-2-3-9(19)6-15/h1-4,11,14-18H,5-7,9-10,23H2;9-12H,2-5,7-8,16H2,1H3/t11-,14+,15?,16+,17+,18+;9-,10?,11-,12-/m10/s1. The number of halogens is 1. The number of nitriles is 2. The van der Waals surface area contributed by atoms with E-state index in [0.717, 1.165) is 38.6 Å². The molecule has 10 atom stereocenters. The largest absolute Gasteiger partial charge is 0.340 e. The quantitative estimate of drug-likeness (QED) is 0.371. The van der Waals surface area contributed by atoms with Crippen LogP contribution in [0.2, 0.25) is 0 Å². The fourth-order valence-electron chi connectivity index (χ4n) is 8.96. The lowest BCUT2D eigenvalue weighted by atomic mass is 10.1. The van der Waals surface area contributed by atoms with E-state index in [2.05, 4.69) is 12.1 Å². The van der Waals surface area contributed by atoms with Crippen LogP contribution in [0.3, 0.4) is 0 Å². The highest BCUT2D eigenvalue weighted by atomic mass is 19.1. The Morgan fingerprint density at radius 3 is 2.10 bits per heavy atom. The van der Waals surface area contributed by atoms with Gasteiger partial charge in [0.05, 0.1) is 42.3 Å². The molecule has 7 fully saturated rings. The predicted octanol–water partition coefficient (Wildman–Crippen LogP) is -0.801. The molecular weight excluding hydrogens is 631 g/mol. The average Bonchev–Trinajstić information content (AvgIpc) is 3.71. The third-order valence-electron chi connectivity index (χ3n) is 11.6. The van der Waals surface area contributed by atoms with Crippen LogP contribution in [0.25, 0.3) is 0 Å². The molecule has 2 unspecified atom stereocenters. The van der Waals surface area contributed by atoms with Crippen LogP contribution in [0.4, 0.5) is 10.1 Å². The smallest absolute Gasteiger partial charge is 0.244 e. The summed E-state index contributed by atoms with van der Waals surface area (Å²) >= 11 is 0. The summed E-state index contributed by atoms with van der Waals surface area (Å²) < 4.78 is 13.2. The second kappa shape index (κ2) is 12.9. The number of nitrogens with two attached hydrogens (primary N) is 2. The van der Waals surface area contributed by atoms with Crippen molar-refractivity contribution in [2.45, 2.75) is 92.9 Å². The van der Waals surface area contributed by atoms with Crippen molar-refractivity contribution < 1.29 is 23.6 Å². The summed E-state index contributed by atoms with van der Waals surface area (Å²) in [5.74, 6) is -0.121. The van der Waals surface area contributed by atoms with Gasteiger partial charge in [0.15, 0.2) is 0 Å². The second-order valence-corrected chi connectivity index (χ2v) is 14.6. The van der Waals surface area contributed by atoms with Gasteiger partial charge >= 0.3 is 0 Å². The summed E-state index contributed by atoms with van der Waals surface area (Å²) in [4.78, 5) is 60.8. The van der Waals surface area contributed by atoms with E-state index in [1.807, 2.05) is 16.8 Å². The van der Waals surface area contributed by atoms with Crippen molar-refractivity contribution in [2.24, 2.45) is 17.4 Å². The Balaban J connectivity index is 0.000000161. The van der Waals surface area contributed by atoms with Crippen LogP contribution in [0.1, 0.15) is 38.5 Å². The summed E-state index contributed by atoms with van der Waals surface area (Å²) in [7, 11) is 1.83. The number of carbonyl (C=O) groups is 4. The van der Waals surface area contributed by atoms with Crippen molar-refractivity contribution in [2.75, 3.05) is 44.7 Å². The minimum Gasteiger partial charge on any atom is -0.340 e. The van der Waals surface area contributed by atoms with Gasteiger partial charge in [-0.2, -0.15) is 10.5 Å². The fraction of sp³-hybridized carbons (Fsp3) is 0.647. The number of rotatable bonds is 7. The number of carbonyl (C=O) groups excluding carboxylic acids is 4. The van der Waals surface area contributed by atoms with Crippen molar-refractivity contribution in [3.8, 4) is 12.1 Å². The molecule has 1 aliphatic carbocycles. The van der Waals surface area contributed by atoms with Crippen LogP contribution in [-0.2, 0) is 19.2 Å². The Morgan fingerprint density at radius 1 is 0.878 bits per heavy atom. The number of nitrogens with zero attached hydrogens (tertiary/aromatic N) is 8. The molecule has 8 rings (SSSR count). The van der Waals surface area contributed by atoms with Crippen LogP contribution in [0.15, 0.2) is 24.3 Å². The molecule has 1 saturated carbocycles. The zero-order chi connectivity index (χ0) is 34.7. The van der Waals surface area contributed by atoms with Crippen LogP contribution >= 0.6 is 0 Å². The van der Waals surface area contributed by atoms with E-state index in [9.17, 15) is 28.8 Å². The minimum atomic E-state index is -0.735. The Labute approximate surface area is 284 Å². The van der Waals surface area contributed by atoms with E-state index < -0.39 is 12.1 Å². The molecular formula is C34H43FN10O4. The SMILES string of the molecule is CN1C(=O)[C@@H]2CC1CN2C[C@H](N)C(=O)N1CCC[C@H]1C#N.N#C[C@@H]1C[C@@H]2C[C@@H]2N1C(=O)[C@@H](N)CN1CC2C[C@H]1C(=O)N2c1ccc(F)cc1. The summed E-state index contributed by atoms with van der Waals surface area (Å²) in [5, 5.41) is 18.4. The van der Waals surface area contributed by atoms with Crippen molar-refractivity contribution in [3.63, 3.8) is 0 Å². The molecule has 4 amide bonds. The molecule has 6 saturated heterocycles. The lowest BCUT2D eigenvalue weighted by Gasteiger charge is -2.35. The molecule has 1 aromatic carbocycles. The van der Waals surface area contributed by atoms with Crippen molar-refractivity contribution in [1.29, 1.82) is 10.5 Å². The first-order valence-electron chi connectivity index (χ1n) is 17.3. The Kier molecular flexibility index (Phi) is 8.81. The highest BCUT2D eigenvalue weighted by molar-refractivity contribution is 6.01. The maximum Gasteiger partial charge on any atom is 0.244 e. The number of likely N-dealkylation sites (N-methyl/N-ethyl adjacent to an activating group) is 1. The topological polar surface area (TPSA) is 187 Å². The number of benzene rings is 1. The first-order valence-corrected chi connectivity index (χ1v) is 17.3. The molecule has 4 N–H and O–H groups in total. The van der Waals surface area contributed by atoms with Crippen LogP contribution < -0.4 is 16.4 Å². The average molecular weight is 675 g/mol. The molecule has 6 heterocycles. The molecule has 0 radical (unpaired) electrons. The van der Waals surface area contributed by atoms with Gasteiger partial charge in [-0.1, -0.05) is 0 Å². The minimum absolute atomic E-state index is 0.0109. The fourth-order valence-corrected chi connectivity index (χ4v) is 8.96. The van der Waals surface area contributed by atoms with E-state index in [1.165, 1.54) is 12.1 Å². The van der Waals surface area contributed by atoms with Gasteiger partial charge in [0.25, 0.3) is 0 Å². The number of fused-ring (bicyclic) bond motifs is 5. The van der Waals surface area contributed by atoms with E-state index in [0.29, 0.717) is 44.2 Å². The lowest BCUT2D eigenvalue weighted by Crippen LogP contribution is -2.57. The Morgan fingerprint density at radius 2 is 1.49 bits per heavy atom. The first-order chi connectivity index (χ1) is 23.5. The van der Waals surface area contributed by atoms with E-state index in [1.54, 1.807) is 31.7 Å². The van der Waals surface area contributed by atoms with Gasteiger partial charge in [0.1, 0.15) is 17.9 Å². The van der Waals surface area contributed by atoms with E-state index in [4.69, 9.17) is 16.7 Å².